The molecule has 3 atom stereocenters. The molecule has 0 saturated carbocycles. The van der Waals surface area contributed by atoms with Crippen molar-refractivity contribution in [3.63, 3.8) is 0 Å². The molecule has 1 aromatic heterocycles. The first-order valence-corrected chi connectivity index (χ1v) is 9.60. The molecular formula is C20H18ClN3O4. The van der Waals surface area contributed by atoms with Crippen LogP contribution in [-0.4, -0.2) is 51.5 Å². The van der Waals surface area contributed by atoms with Crippen LogP contribution < -0.4 is 5.56 Å². The number of H-pyrrole nitrogens is 1. The number of aromatic nitrogens is 1. The van der Waals surface area contributed by atoms with Crippen molar-refractivity contribution in [2.24, 2.45) is 0 Å². The van der Waals surface area contributed by atoms with Gasteiger partial charge in [0.1, 0.15) is 11.1 Å². The van der Waals surface area contributed by atoms with E-state index in [1.54, 1.807) is 9.80 Å². The molecule has 144 valence electrons. The molecule has 7 nitrogen and oxygen atoms in total. The number of pyridine rings is 1. The Bertz CT molecular complexity index is 1020. The molecule has 1 N–H and O–H groups in total. The lowest BCUT2D eigenvalue weighted by Crippen LogP contribution is -2.48. The maximum absolute atomic E-state index is 13.1. The third-order valence-corrected chi connectivity index (χ3v) is 6.25. The van der Waals surface area contributed by atoms with Crippen LogP contribution in [0.1, 0.15) is 34.9 Å². The number of likely N-dealkylation sites (tertiary alicyclic amines) is 1. The number of amides is 2. The number of ether oxygens (including phenoxy) is 1. The normalized spacial score (nSPS) is 28.5. The molecule has 1 aromatic carbocycles. The van der Waals surface area contributed by atoms with E-state index < -0.39 is 11.3 Å². The zero-order valence-corrected chi connectivity index (χ0v) is 15.7. The van der Waals surface area contributed by atoms with Gasteiger partial charge in [-0.3, -0.25) is 14.4 Å². The van der Waals surface area contributed by atoms with E-state index >= 15 is 0 Å². The van der Waals surface area contributed by atoms with Crippen LogP contribution in [0.5, 0.6) is 0 Å². The fourth-order valence-electron chi connectivity index (χ4n) is 4.65. The summed E-state index contributed by atoms with van der Waals surface area (Å²) in [7, 11) is 0. The summed E-state index contributed by atoms with van der Waals surface area (Å²) in [5.74, 6) is -0.262. The third kappa shape index (κ3) is 2.43. The van der Waals surface area contributed by atoms with Crippen LogP contribution in [0, 0.1) is 0 Å². The molecule has 0 aliphatic carbocycles. The number of carbonyl (C=O) groups is 2. The number of aromatic amines is 1. The van der Waals surface area contributed by atoms with Crippen molar-refractivity contribution in [1.82, 2.24) is 14.8 Å². The van der Waals surface area contributed by atoms with Gasteiger partial charge in [0, 0.05) is 19.2 Å². The van der Waals surface area contributed by atoms with Gasteiger partial charge in [-0.2, -0.15) is 0 Å². The molecule has 8 heteroatoms. The van der Waals surface area contributed by atoms with Crippen LogP contribution in [0.3, 0.4) is 0 Å². The van der Waals surface area contributed by atoms with Crippen LogP contribution in [-0.2, 0) is 9.53 Å². The van der Waals surface area contributed by atoms with Crippen molar-refractivity contribution < 1.29 is 14.3 Å². The van der Waals surface area contributed by atoms with Crippen molar-refractivity contribution in [2.45, 2.75) is 30.7 Å². The second kappa shape index (κ2) is 6.18. The molecule has 5 rings (SSSR count). The number of carbonyl (C=O) groups excluding carboxylic acids is 2. The van der Waals surface area contributed by atoms with E-state index in [1.165, 1.54) is 12.3 Å². The average Bonchev–Trinajstić information content (AvgIpc) is 3.33. The molecule has 0 bridgehead atoms. The predicted octanol–water partition coefficient (Wildman–Crippen LogP) is 1.94. The average molecular weight is 400 g/mol. The van der Waals surface area contributed by atoms with Crippen LogP contribution in [0.15, 0.2) is 47.4 Å². The number of hydrogen-bond donors (Lipinski definition) is 1. The Morgan fingerprint density at radius 1 is 1.25 bits per heavy atom. The third-order valence-electron chi connectivity index (χ3n) is 5.97. The maximum Gasteiger partial charge on any atom is 0.266 e. The molecule has 2 amide bonds. The van der Waals surface area contributed by atoms with E-state index in [0.717, 1.165) is 5.56 Å². The Kier molecular flexibility index (Phi) is 3.86. The van der Waals surface area contributed by atoms with Crippen LogP contribution in [0.4, 0.5) is 0 Å². The van der Waals surface area contributed by atoms with E-state index in [4.69, 9.17) is 16.3 Å². The maximum atomic E-state index is 13.1. The molecule has 1 spiro atoms. The largest absolute Gasteiger partial charge is 0.343 e. The highest BCUT2D eigenvalue weighted by Crippen LogP contribution is 2.50. The molecule has 28 heavy (non-hydrogen) atoms. The van der Waals surface area contributed by atoms with Gasteiger partial charge in [-0.1, -0.05) is 41.9 Å². The minimum absolute atomic E-state index is 0.000400. The molecule has 0 unspecified atom stereocenters. The number of hydrogen-bond acceptors (Lipinski definition) is 4. The highest BCUT2D eigenvalue weighted by Gasteiger charge is 2.65. The first kappa shape index (κ1) is 17.5. The van der Waals surface area contributed by atoms with Crippen LogP contribution in [0.2, 0.25) is 5.02 Å². The Morgan fingerprint density at radius 3 is 2.79 bits per heavy atom. The summed E-state index contributed by atoms with van der Waals surface area (Å²) in [6.07, 6.45) is 1.96. The summed E-state index contributed by atoms with van der Waals surface area (Å²) in [5, 5.41) is -0.0369. The first-order valence-electron chi connectivity index (χ1n) is 9.22. The van der Waals surface area contributed by atoms with Gasteiger partial charge in [0.2, 0.25) is 5.91 Å². The highest BCUT2D eigenvalue weighted by atomic mass is 35.5. The summed E-state index contributed by atoms with van der Waals surface area (Å²) in [5.41, 5.74) is 0.0995. The lowest BCUT2D eigenvalue weighted by Gasteiger charge is -2.32. The zero-order valence-electron chi connectivity index (χ0n) is 14.9. The molecule has 3 fully saturated rings. The van der Waals surface area contributed by atoms with Crippen LogP contribution in [0.25, 0.3) is 0 Å². The predicted molar refractivity (Wildman–Crippen MR) is 101 cm³/mol. The summed E-state index contributed by atoms with van der Waals surface area (Å²) in [6.45, 7) is 0.970. The quantitative estimate of drug-likeness (QED) is 0.836. The first-order chi connectivity index (χ1) is 13.5. The lowest BCUT2D eigenvalue weighted by atomic mass is 10.1. The van der Waals surface area contributed by atoms with E-state index in [0.29, 0.717) is 25.1 Å². The van der Waals surface area contributed by atoms with Crippen molar-refractivity contribution in [3.8, 4) is 0 Å². The minimum Gasteiger partial charge on any atom is -0.343 e. The highest BCUT2D eigenvalue weighted by molar-refractivity contribution is 6.30. The van der Waals surface area contributed by atoms with Gasteiger partial charge < -0.3 is 19.5 Å². The number of rotatable bonds is 2. The van der Waals surface area contributed by atoms with Gasteiger partial charge in [0.05, 0.1) is 24.6 Å². The van der Waals surface area contributed by atoms with E-state index in [9.17, 15) is 14.4 Å². The van der Waals surface area contributed by atoms with E-state index in [2.05, 4.69) is 4.98 Å². The zero-order chi connectivity index (χ0) is 19.5. The molecule has 3 aliphatic heterocycles. The fraction of sp³-hybridized carbons (Fsp3) is 0.350. The SMILES string of the molecule is O=C(c1c[nH]c(=O)c(Cl)c1)N1CC[C@@]23O[C@@H](c4ccccc4)CN2C(=O)C[C@@H]13. The number of benzene rings is 1. The smallest absolute Gasteiger partial charge is 0.266 e. The number of nitrogens with zero attached hydrogens (tertiary/aromatic N) is 2. The van der Waals surface area contributed by atoms with E-state index in [-0.39, 0.29) is 35.4 Å². The number of halogens is 1. The molecule has 0 radical (unpaired) electrons. The number of nitrogens with one attached hydrogen (secondary N) is 1. The Morgan fingerprint density at radius 2 is 2.04 bits per heavy atom. The minimum atomic E-state index is -0.779. The standard InChI is InChI=1S/C20H18ClN3O4/c21-14-8-13(10-22-18(14)26)19(27)23-7-6-20-16(23)9-17(25)24(20)11-15(28-20)12-4-2-1-3-5-12/h1-5,8,10,15-16H,6-7,9,11H2,(H,22,26)/t15-,16-,20+/m1/s1. The summed E-state index contributed by atoms with van der Waals surface area (Å²) in [6, 6.07) is 10.8. The lowest BCUT2D eigenvalue weighted by molar-refractivity contribution is -0.138. The second-order valence-corrected chi connectivity index (χ2v) is 7.81. The molecular weight excluding hydrogens is 382 g/mol. The van der Waals surface area contributed by atoms with Gasteiger partial charge in [-0.25, -0.2) is 0 Å². The summed E-state index contributed by atoms with van der Waals surface area (Å²) < 4.78 is 6.44. The van der Waals surface area contributed by atoms with Gasteiger partial charge in [0.15, 0.2) is 5.72 Å². The van der Waals surface area contributed by atoms with Crippen molar-refractivity contribution >= 4 is 23.4 Å². The molecule has 4 heterocycles. The Labute approximate surface area is 165 Å². The van der Waals surface area contributed by atoms with Crippen molar-refractivity contribution in [3.05, 3.63) is 69.1 Å². The van der Waals surface area contributed by atoms with E-state index in [1.807, 2.05) is 30.3 Å². The van der Waals surface area contributed by atoms with Gasteiger partial charge in [-0.05, 0) is 11.6 Å². The topological polar surface area (TPSA) is 82.7 Å². The molecule has 3 aliphatic rings. The monoisotopic (exact) mass is 399 g/mol. The molecule has 2 aromatic rings. The Hall–Kier alpha value is -2.64. The van der Waals surface area contributed by atoms with Gasteiger partial charge >= 0.3 is 0 Å². The fourth-order valence-corrected chi connectivity index (χ4v) is 4.83. The van der Waals surface area contributed by atoms with Crippen molar-refractivity contribution in [2.75, 3.05) is 13.1 Å². The van der Waals surface area contributed by atoms with Gasteiger partial charge in [0.25, 0.3) is 11.5 Å². The summed E-state index contributed by atoms with van der Waals surface area (Å²) >= 11 is 5.87. The second-order valence-electron chi connectivity index (χ2n) is 7.40. The molecule has 3 saturated heterocycles. The van der Waals surface area contributed by atoms with Gasteiger partial charge in [-0.15, -0.1) is 0 Å². The Balaban J connectivity index is 1.45. The van der Waals surface area contributed by atoms with Crippen molar-refractivity contribution in [1.29, 1.82) is 0 Å². The van der Waals surface area contributed by atoms with Crippen LogP contribution >= 0.6 is 11.6 Å². The summed E-state index contributed by atoms with van der Waals surface area (Å²) in [4.78, 5) is 43.2.